The van der Waals surface area contributed by atoms with Crippen molar-refractivity contribution in [1.82, 2.24) is 0 Å². The maximum absolute atomic E-state index is 9.41. The Labute approximate surface area is 128 Å². The number of hydrogen-bond acceptors (Lipinski definition) is 5. The van der Waals surface area contributed by atoms with E-state index in [1.807, 2.05) is 24.3 Å². The van der Waals surface area contributed by atoms with Gasteiger partial charge in [0.1, 0.15) is 23.9 Å². The average Bonchev–Trinajstić information content (AvgIpc) is 2.58. The van der Waals surface area contributed by atoms with Crippen molar-refractivity contribution in [2.45, 2.75) is 6.29 Å². The molecule has 2 aromatic rings. The van der Waals surface area contributed by atoms with Crippen LogP contribution in [0.5, 0.6) is 11.5 Å². The summed E-state index contributed by atoms with van der Waals surface area (Å²) in [4.78, 5) is 0. The first kappa shape index (κ1) is 14.7. The van der Waals surface area contributed by atoms with E-state index in [9.17, 15) is 5.11 Å². The highest BCUT2D eigenvalue weighted by molar-refractivity contribution is 5.98. The molecule has 0 radical (unpaired) electrons. The number of aliphatic hydroxyl groups is 1. The van der Waals surface area contributed by atoms with Gasteiger partial charge in [0.25, 0.3) is 0 Å². The molecule has 0 aliphatic carbocycles. The molecular formula is C17H18O5. The van der Waals surface area contributed by atoms with Crippen molar-refractivity contribution >= 4 is 16.8 Å². The molecule has 22 heavy (non-hydrogen) atoms. The molecule has 1 N–H and O–H groups in total. The predicted molar refractivity (Wildman–Crippen MR) is 82.9 cm³/mol. The number of methoxy groups -OCH3 is 3. The highest BCUT2D eigenvalue weighted by Crippen LogP contribution is 2.47. The molecule has 1 heterocycles. The molecule has 2 aromatic carbocycles. The minimum atomic E-state index is -0.657. The van der Waals surface area contributed by atoms with Gasteiger partial charge < -0.3 is 24.1 Å². The standard InChI is InChI=1S/C17H18O5/c1-19-15-11-6-4-5-7-12(11)16(20-2)14-13(15)8-10(9-18)22-17(14)21-3/h4-8,17-18H,9H2,1-3H3. The topological polar surface area (TPSA) is 57.2 Å². The molecule has 0 aromatic heterocycles. The second-order valence-corrected chi connectivity index (χ2v) is 4.89. The van der Waals surface area contributed by atoms with Gasteiger partial charge in [-0.1, -0.05) is 24.3 Å². The number of ether oxygens (including phenoxy) is 4. The van der Waals surface area contributed by atoms with Crippen LogP contribution in [0.2, 0.25) is 0 Å². The van der Waals surface area contributed by atoms with Gasteiger partial charge in [-0.3, -0.25) is 0 Å². The van der Waals surface area contributed by atoms with Crippen molar-refractivity contribution < 1.29 is 24.1 Å². The summed E-state index contributed by atoms with van der Waals surface area (Å²) in [5, 5.41) is 11.3. The maximum Gasteiger partial charge on any atom is 0.230 e. The van der Waals surface area contributed by atoms with Gasteiger partial charge in [0, 0.05) is 23.4 Å². The van der Waals surface area contributed by atoms with E-state index in [1.54, 1.807) is 27.4 Å². The number of rotatable bonds is 4. The summed E-state index contributed by atoms with van der Waals surface area (Å²) in [6.07, 6.45) is 1.11. The molecule has 1 aliphatic heterocycles. The Bertz CT molecular complexity index is 735. The van der Waals surface area contributed by atoms with E-state index < -0.39 is 6.29 Å². The van der Waals surface area contributed by atoms with Crippen LogP contribution in [0, 0.1) is 0 Å². The Balaban J connectivity index is 2.44. The summed E-state index contributed by atoms with van der Waals surface area (Å²) in [7, 11) is 4.79. The minimum absolute atomic E-state index is 0.211. The molecular weight excluding hydrogens is 284 g/mol. The maximum atomic E-state index is 9.41. The fourth-order valence-corrected chi connectivity index (χ4v) is 2.87. The summed E-state index contributed by atoms with van der Waals surface area (Å²) in [5.74, 6) is 1.82. The van der Waals surface area contributed by atoms with Crippen LogP contribution < -0.4 is 9.47 Å². The molecule has 3 rings (SSSR count). The first-order valence-electron chi connectivity index (χ1n) is 6.92. The SMILES string of the molecule is COc1c2c(c(OC)c3ccccc13)C(OC)OC(CO)=C2. The Hall–Kier alpha value is -2.24. The lowest BCUT2D eigenvalue weighted by atomic mass is 9.95. The molecule has 0 saturated heterocycles. The van der Waals surface area contributed by atoms with Gasteiger partial charge in [0.2, 0.25) is 6.29 Å². The number of aliphatic hydroxyl groups excluding tert-OH is 1. The zero-order chi connectivity index (χ0) is 15.7. The van der Waals surface area contributed by atoms with Crippen LogP contribution in [0.4, 0.5) is 0 Å². The molecule has 5 heteroatoms. The van der Waals surface area contributed by atoms with Gasteiger partial charge in [-0.2, -0.15) is 0 Å². The summed E-state index contributed by atoms with van der Waals surface area (Å²) < 4.78 is 22.3. The van der Waals surface area contributed by atoms with E-state index in [2.05, 4.69) is 0 Å². The third kappa shape index (κ3) is 2.10. The van der Waals surface area contributed by atoms with E-state index >= 15 is 0 Å². The molecule has 1 atom stereocenters. The van der Waals surface area contributed by atoms with Crippen molar-refractivity contribution in [1.29, 1.82) is 0 Å². The highest BCUT2D eigenvalue weighted by atomic mass is 16.7. The van der Waals surface area contributed by atoms with Crippen molar-refractivity contribution in [2.24, 2.45) is 0 Å². The summed E-state index contributed by atoms with van der Waals surface area (Å²) in [6, 6.07) is 7.83. The molecule has 0 amide bonds. The van der Waals surface area contributed by atoms with Crippen LogP contribution in [0.3, 0.4) is 0 Å². The van der Waals surface area contributed by atoms with E-state index in [-0.39, 0.29) is 6.61 Å². The fourth-order valence-electron chi connectivity index (χ4n) is 2.87. The van der Waals surface area contributed by atoms with Crippen molar-refractivity contribution in [3.8, 4) is 11.5 Å². The zero-order valence-electron chi connectivity index (χ0n) is 12.8. The Morgan fingerprint density at radius 1 is 1.05 bits per heavy atom. The van der Waals surface area contributed by atoms with Gasteiger partial charge in [0.05, 0.1) is 19.8 Å². The third-order valence-corrected chi connectivity index (χ3v) is 3.77. The van der Waals surface area contributed by atoms with E-state index in [0.717, 1.165) is 21.9 Å². The summed E-state index contributed by atoms with van der Waals surface area (Å²) >= 11 is 0. The monoisotopic (exact) mass is 302 g/mol. The first-order chi connectivity index (χ1) is 10.7. The zero-order valence-corrected chi connectivity index (χ0v) is 12.8. The first-order valence-corrected chi connectivity index (χ1v) is 6.92. The smallest absolute Gasteiger partial charge is 0.230 e. The molecule has 1 unspecified atom stereocenters. The predicted octanol–water partition coefficient (Wildman–Crippen LogP) is 2.87. The molecule has 5 nitrogen and oxygen atoms in total. The van der Waals surface area contributed by atoms with E-state index in [1.165, 1.54) is 0 Å². The van der Waals surface area contributed by atoms with Crippen molar-refractivity contribution in [2.75, 3.05) is 27.9 Å². The van der Waals surface area contributed by atoms with Crippen LogP contribution in [-0.2, 0) is 9.47 Å². The van der Waals surface area contributed by atoms with E-state index in [4.69, 9.17) is 18.9 Å². The van der Waals surface area contributed by atoms with Crippen LogP contribution >= 0.6 is 0 Å². The number of hydrogen-bond donors (Lipinski definition) is 1. The van der Waals surface area contributed by atoms with Crippen LogP contribution in [0.1, 0.15) is 17.4 Å². The van der Waals surface area contributed by atoms with Crippen LogP contribution in [0.25, 0.3) is 16.8 Å². The average molecular weight is 302 g/mol. The Kier molecular flexibility index (Phi) is 3.92. The second-order valence-electron chi connectivity index (χ2n) is 4.89. The Morgan fingerprint density at radius 2 is 1.68 bits per heavy atom. The van der Waals surface area contributed by atoms with Crippen LogP contribution in [-0.4, -0.2) is 33.0 Å². The second kappa shape index (κ2) is 5.87. The Morgan fingerprint density at radius 3 is 2.23 bits per heavy atom. The normalized spacial score (nSPS) is 16.7. The molecule has 0 bridgehead atoms. The van der Waals surface area contributed by atoms with E-state index in [0.29, 0.717) is 17.3 Å². The van der Waals surface area contributed by atoms with Gasteiger partial charge in [-0.15, -0.1) is 0 Å². The third-order valence-electron chi connectivity index (χ3n) is 3.77. The lowest BCUT2D eigenvalue weighted by Crippen LogP contribution is -2.16. The van der Waals surface area contributed by atoms with Crippen molar-refractivity contribution in [3.05, 3.63) is 41.2 Å². The van der Waals surface area contributed by atoms with Crippen LogP contribution in [0.15, 0.2) is 30.0 Å². The molecule has 0 fully saturated rings. The number of benzene rings is 2. The molecule has 116 valence electrons. The quantitative estimate of drug-likeness (QED) is 0.941. The number of fused-ring (bicyclic) bond motifs is 2. The molecule has 0 saturated carbocycles. The van der Waals surface area contributed by atoms with Gasteiger partial charge in [-0.25, -0.2) is 0 Å². The molecule has 1 aliphatic rings. The fraction of sp³-hybridized carbons (Fsp3) is 0.294. The highest BCUT2D eigenvalue weighted by Gasteiger charge is 2.31. The summed E-state index contributed by atoms with van der Waals surface area (Å²) in [5.41, 5.74) is 1.57. The van der Waals surface area contributed by atoms with Crippen molar-refractivity contribution in [3.63, 3.8) is 0 Å². The lowest BCUT2D eigenvalue weighted by molar-refractivity contribution is -0.106. The lowest BCUT2D eigenvalue weighted by Gasteiger charge is -2.29. The minimum Gasteiger partial charge on any atom is -0.496 e. The van der Waals surface area contributed by atoms with Gasteiger partial charge in [0.15, 0.2) is 0 Å². The van der Waals surface area contributed by atoms with Gasteiger partial charge in [-0.05, 0) is 6.08 Å². The molecule has 0 spiro atoms. The largest absolute Gasteiger partial charge is 0.496 e. The van der Waals surface area contributed by atoms with Gasteiger partial charge >= 0.3 is 0 Å². The summed E-state index contributed by atoms with van der Waals surface area (Å²) in [6.45, 7) is -0.211.